The Morgan fingerprint density at radius 2 is 1.63 bits per heavy atom. The molecule has 2 aromatic rings. The van der Waals surface area contributed by atoms with E-state index in [9.17, 15) is 9.59 Å². The molecule has 5 heteroatoms. The van der Waals surface area contributed by atoms with Gasteiger partial charge in [0.25, 0.3) is 0 Å². The Labute approximate surface area is 158 Å². The summed E-state index contributed by atoms with van der Waals surface area (Å²) in [6.45, 7) is 0.831. The summed E-state index contributed by atoms with van der Waals surface area (Å²) in [6.07, 6.45) is 2.13. The van der Waals surface area contributed by atoms with Gasteiger partial charge >= 0.3 is 12.1 Å². The molecule has 0 radical (unpaired) electrons. The number of nitrogens with zero attached hydrogens (tertiary/aromatic N) is 1. The number of carboxylic acid groups (broad SMARTS) is 1. The second-order valence-electron chi connectivity index (χ2n) is 7.24. The number of hydrogen-bond acceptors (Lipinski definition) is 3. The van der Waals surface area contributed by atoms with Crippen molar-refractivity contribution in [2.75, 3.05) is 13.2 Å². The van der Waals surface area contributed by atoms with Gasteiger partial charge in [-0.25, -0.2) is 4.79 Å². The molecule has 140 valence electrons. The van der Waals surface area contributed by atoms with Crippen LogP contribution in [0.15, 0.2) is 48.5 Å². The molecule has 2 aromatic carbocycles. The number of likely N-dealkylation sites (tertiary alicyclic amines) is 1. The van der Waals surface area contributed by atoms with Crippen molar-refractivity contribution in [1.29, 1.82) is 0 Å². The van der Waals surface area contributed by atoms with E-state index in [0.29, 0.717) is 6.54 Å². The molecule has 1 N–H and O–H groups in total. The molecule has 1 heterocycles. The molecule has 5 nitrogen and oxygen atoms in total. The van der Waals surface area contributed by atoms with Crippen molar-refractivity contribution in [2.24, 2.45) is 0 Å². The summed E-state index contributed by atoms with van der Waals surface area (Å²) in [5.41, 5.74) is 4.73. The number of rotatable bonds is 4. The lowest BCUT2D eigenvalue weighted by Crippen LogP contribution is -2.45. The van der Waals surface area contributed by atoms with Gasteiger partial charge in [-0.05, 0) is 41.5 Å². The molecule has 0 bridgehead atoms. The van der Waals surface area contributed by atoms with Crippen molar-refractivity contribution in [3.05, 3.63) is 59.7 Å². The Morgan fingerprint density at radius 3 is 2.26 bits per heavy atom. The van der Waals surface area contributed by atoms with E-state index in [0.717, 1.165) is 19.3 Å². The molecular formula is C22H23NO4. The highest BCUT2D eigenvalue weighted by Gasteiger charge is 2.32. The third-order valence-corrected chi connectivity index (χ3v) is 5.61. The average molecular weight is 365 g/mol. The molecule has 2 aliphatic rings. The zero-order chi connectivity index (χ0) is 18.8. The van der Waals surface area contributed by atoms with Crippen LogP contribution in [-0.4, -0.2) is 41.3 Å². The zero-order valence-corrected chi connectivity index (χ0v) is 15.1. The minimum absolute atomic E-state index is 0.0177. The minimum Gasteiger partial charge on any atom is -0.481 e. The van der Waals surface area contributed by atoms with Crippen LogP contribution >= 0.6 is 0 Å². The summed E-state index contributed by atoms with van der Waals surface area (Å²) in [6, 6.07) is 16.2. The number of piperidine rings is 1. The maximum absolute atomic E-state index is 12.7. The van der Waals surface area contributed by atoms with Crippen molar-refractivity contribution in [2.45, 2.75) is 37.6 Å². The minimum atomic E-state index is -0.877. The summed E-state index contributed by atoms with van der Waals surface area (Å²) < 4.78 is 5.69. The van der Waals surface area contributed by atoms with Crippen LogP contribution < -0.4 is 0 Å². The van der Waals surface area contributed by atoms with E-state index >= 15 is 0 Å². The lowest BCUT2D eigenvalue weighted by Gasteiger charge is -2.34. The molecule has 0 aromatic heterocycles. The molecule has 4 rings (SSSR count). The number of benzene rings is 2. The first-order valence-electron chi connectivity index (χ1n) is 9.48. The highest BCUT2D eigenvalue weighted by molar-refractivity contribution is 5.79. The monoisotopic (exact) mass is 365 g/mol. The van der Waals surface area contributed by atoms with E-state index < -0.39 is 12.1 Å². The second kappa shape index (κ2) is 7.43. The van der Waals surface area contributed by atoms with Gasteiger partial charge < -0.3 is 14.7 Å². The van der Waals surface area contributed by atoms with E-state index in [1.165, 1.54) is 22.3 Å². The summed E-state index contributed by atoms with van der Waals surface area (Å²) in [7, 11) is 0. The molecule has 0 saturated carbocycles. The molecule has 1 fully saturated rings. The number of carbonyl (C=O) groups is 2. The third-order valence-electron chi connectivity index (χ3n) is 5.61. The predicted octanol–water partition coefficient (Wildman–Crippen LogP) is 4.26. The topological polar surface area (TPSA) is 66.8 Å². The number of fused-ring (bicyclic) bond motifs is 3. The Balaban J connectivity index is 1.50. The summed E-state index contributed by atoms with van der Waals surface area (Å²) in [5, 5.41) is 9.11. The fraction of sp³-hybridized carbons (Fsp3) is 0.364. The Kier molecular flexibility index (Phi) is 4.84. The van der Waals surface area contributed by atoms with E-state index in [4.69, 9.17) is 9.84 Å². The van der Waals surface area contributed by atoms with Gasteiger partial charge in [0.15, 0.2) is 0 Å². The molecule has 0 spiro atoms. The quantitative estimate of drug-likeness (QED) is 0.879. The first-order valence-corrected chi connectivity index (χ1v) is 9.48. The number of carboxylic acids is 1. The number of amides is 1. The third kappa shape index (κ3) is 3.42. The van der Waals surface area contributed by atoms with Crippen LogP contribution in [0.2, 0.25) is 0 Å². The van der Waals surface area contributed by atoms with Crippen LogP contribution in [0.25, 0.3) is 11.1 Å². The fourth-order valence-corrected chi connectivity index (χ4v) is 4.33. The van der Waals surface area contributed by atoms with Crippen molar-refractivity contribution in [3.8, 4) is 11.1 Å². The maximum Gasteiger partial charge on any atom is 0.410 e. The van der Waals surface area contributed by atoms with Crippen LogP contribution in [-0.2, 0) is 9.53 Å². The molecule has 1 amide bonds. The van der Waals surface area contributed by atoms with Crippen LogP contribution in [0.4, 0.5) is 4.79 Å². The Hall–Kier alpha value is -2.82. The van der Waals surface area contributed by atoms with Crippen molar-refractivity contribution in [3.63, 3.8) is 0 Å². The zero-order valence-electron chi connectivity index (χ0n) is 15.1. The fourth-order valence-electron chi connectivity index (χ4n) is 4.33. The SMILES string of the molecule is O=C(O)C[C@H]1CCCCN1C(=O)OCC1c2ccccc2-c2ccccc21. The lowest BCUT2D eigenvalue weighted by atomic mass is 9.98. The van der Waals surface area contributed by atoms with E-state index in [2.05, 4.69) is 24.3 Å². The maximum atomic E-state index is 12.7. The van der Waals surface area contributed by atoms with Crippen LogP contribution in [0, 0.1) is 0 Å². The summed E-state index contributed by atoms with van der Waals surface area (Å²) in [5.74, 6) is -0.859. The molecule has 1 aliphatic carbocycles. The second-order valence-corrected chi connectivity index (χ2v) is 7.24. The number of ether oxygens (including phenoxy) is 1. The molecule has 27 heavy (non-hydrogen) atoms. The van der Waals surface area contributed by atoms with E-state index in [1.54, 1.807) is 4.90 Å². The Morgan fingerprint density at radius 1 is 1.00 bits per heavy atom. The summed E-state index contributed by atoms with van der Waals surface area (Å²) >= 11 is 0. The van der Waals surface area contributed by atoms with Gasteiger partial charge in [0.05, 0.1) is 6.42 Å². The smallest absolute Gasteiger partial charge is 0.410 e. The summed E-state index contributed by atoms with van der Waals surface area (Å²) in [4.78, 5) is 25.4. The van der Waals surface area contributed by atoms with Crippen LogP contribution in [0.3, 0.4) is 0 Å². The lowest BCUT2D eigenvalue weighted by molar-refractivity contribution is -0.138. The molecule has 1 saturated heterocycles. The van der Waals surface area contributed by atoms with Gasteiger partial charge in [-0.1, -0.05) is 48.5 Å². The van der Waals surface area contributed by atoms with Gasteiger partial charge in [-0.2, -0.15) is 0 Å². The standard InChI is InChI=1S/C22H23NO4/c24-21(25)13-15-7-5-6-12-23(15)22(26)27-14-20-18-10-3-1-8-16(18)17-9-2-4-11-19(17)20/h1-4,8-11,15,20H,5-7,12-14H2,(H,24,25)/t15-/m1/s1. The van der Waals surface area contributed by atoms with Gasteiger partial charge in [-0.3, -0.25) is 4.79 Å². The number of hydrogen-bond donors (Lipinski definition) is 1. The number of carbonyl (C=O) groups excluding carboxylic acids is 1. The van der Waals surface area contributed by atoms with Gasteiger partial charge in [-0.15, -0.1) is 0 Å². The van der Waals surface area contributed by atoms with Crippen LogP contribution in [0.5, 0.6) is 0 Å². The Bertz CT molecular complexity index is 817. The van der Waals surface area contributed by atoms with Crippen molar-refractivity contribution >= 4 is 12.1 Å². The highest BCUT2D eigenvalue weighted by atomic mass is 16.6. The molecule has 0 unspecified atom stereocenters. The first kappa shape index (κ1) is 17.6. The molecule has 1 aliphatic heterocycles. The van der Waals surface area contributed by atoms with E-state index in [-0.39, 0.29) is 25.0 Å². The number of aliphatic carboxylic acids is 1. The van der Waals surface area contributed by atoms with Gasteiger partial charge in [0.1, 0.15) is 6.61 Å². The van der Waals surface area contributed by atoms with Crippen LogP contribution in [0.1, 0.15) is 42.7 Å². The molecular weight excluding hydrogens is 342 g/mol. The van der Waals surface area contributed by atoms with Gasteiger partial charge in [0.2, 0.25) is 0 Å². The first-order chi connectivity index (χ1) is 13.1. The highest BCUT2D eigenvalue weighted by Crippen LogP contribution is 2.44. The van der Waals surface area contributed by atoms with Crippen molar-refractivity contribution in [1.82, 2.24) is 4.90 Å². The molecule has 1 atom stereocenters. The van der Waals surface area contributed by atoms with Gasteiger partial charge in [0, 0.05) is 18.5 Å². The largest absolute Gasteiger partial charge is 0.481 e. The van der Waals surface area contributed by atoms with E-state index in [1.807, 2.05) is 24.3 Å². The average Bonchev–Trinajstić information content (AvgIpc) is 3.00. The normalized spacial score (nSPS) is 18.7. The predicted molar refractivity (Wildman–Crippen MR) is 102 cm³/mol. The van der Waals surface area contributed by atoms with Crippen molar-refractivity contribution < 1.29 is 19.4 Å².